The van der Waals surface area contributed by atoms with Crippen LogP contribution in [0.3, 0.4) is 0 Å². The lowest BCUT2D eigenvalue weighted by Gasteiger charge is -2.29. The van der Waals surface area contributed by atoms with E-state index in [2.05, 4.69) is 74.3 Å². The third kappa shape index (κ3) is 2.85. The van der Waals surface area contributed by atoms with Gasteiger partial charge in [-0.15, -0.1) is 0 Å². The van der Waals surface area contributed by atoms with Gasteiger partial charge >= 0.3 is 0 Å². The third-order valence-electron chi connectivity index (χ3n) is 7.79. The molecule has 162 valence electrons. The molecule has 2 aromatic heterocycles. The van der Waals surface area contributed by atoms with Gasteiger partial charge in [-0.05, 0) is 68.4 Å². The van der Waals surface area contributed by atoms with E-state index in [1.54, 1.807) is 0 Å². The molecule has 2 N–H and O–H groups in total. The Morgan fingerprint density at radius 2 is 1.53 bits per heavy atom. The monoisotopic (exact) mass is 423 g/mol. The van der Waals surface area contributed by atoms with Gasteiger partial charge in [-0.25, -0.2) is 0 Å². The van der Waals surface area contributed by atoms with E-state index in [0.29, 0.717) is 0 Å². The van der Waals surface area contributed by atoms with Gasteiger partial charge in [0, 0.05) is 33.4 Å². The van der Waals surface area contributed by atoms with E-state index in [1.165, 1.54) is 57.3 Å². The van der Waals surface area contributed by atoms with Crippen LogP contribution in [0.5, 0.6) is 0 Å². The second-order valence-corrected chi connectivity index (χ2v) is 10.7. The quantitative estimate of drug-likeness (QED) is 0.354. The van der Waals surface area contributed by atoms with Gasteiger partial charge in [0.15, 0.2) is 0 Å². The molecule has 0 amide bonds. The van der Waals surface area contributed by atoms with Crippen molar-refractivity contribution in [1.29, 1.82) is 0 Å². The van der Waals surface area contributed by atoms with Crippen molar-refractivity contribution >= 4 is 10.8 Å². The number of H-pyrrole nitrogens is 2. The first-order chi connectivity index (χ1) is 15.4. The molecule has 4 heteroatoms. The predicted molar refractivity (Wildman–Crippen MR) is 131 cm³/mol. The number of rotatable bonds is 2. The minimum Gasteiger partial charge on any atom is -0.281 e. The van der Waals surface area contributed by atoms with Crippen LogP contribution >= 0.6 is 0 Å². The van der Waals surface area contributed by atoms with Crippen LogP contribution in [0.25, 0.3) is 33.3 Å². The molecule has 2 aliphatic carbocycles. The highest BCUT2D eigenvalue weighted by Crippen LogP contribution is 2.44. The summed E-state index contributed by atoms with van der Waals surface area (Å²) in [5.74, 6) is 0. The van der Waals surface area contributed by atoms with Gasteiger partial charge in [0.25, 0.3) is 0 Å². The minimum absolute atomic E-state index is 0.0919. The number of fused-ring (bicyclic) bond motifs is 3. The van der Waals surface area contributed by atoms with Gasteiger partial charge in [0.1, 0.15) is 5.41 Å². The lowest BCUT2D eigenvalue weighted by Crippen LogP contribution is -2.24. The Balaban J connectivity index is 1.58. The number of benzene rings is 2. The molecule has 1 unspecified atom stereocenters. The highest BCUT2D eigenvalue weighted by molar-refractivity contribution is 6.00. The number of nitrogens with one attached hydrogen (secondary N) is 2. The smallest absolute Gasteiger partial charge is 0.144 e. The molecule has 2 aromatic carbocycles. The highest BCUT2D eigenvalue weighted by Gasteiger charge is 2.38. The van der Waals surface area contributed by atoms with Crippen LogP contribution in [-0.4, -0.2) is 20.4 Å². The average molecular weight is 424 g/mol. The fraction of sp³-hybridized carbons (Fsp3) is 0.393. The van der Waals surface area contributed by atoms with Gasteiger partial charge < -0.3 is 0 Å². The van der Waals surface area contributed by atoms with Crippen molar-refractivity contribution in [3.05, 3.63) is 65.8 Å². The van der Waals surface area contributed by atoms with Crippen LogP contribution in [0.2, 0.25) is 0 Å². The molecular weight excluding hydrogens is 392 g/mol. The van der Waals surface area contributed by atoms with E-state index < -0.39 is 0 Å². The van der Waals surface area contributed by atoms with Crippen molar-refractivity contribution in [2.45, 2.75) is 70.1 Å². The number of nitrogens with zero attached hydrogens (tertiary/aromatic N) is 2. The lowest BCUT2D eigenvalue weighted by molar-refractivity contribution is 0.420. The van der Waals surface area contributed by atoms with Crippen molar-refractivity contribution in [2.24, 2.45) is 0 Å². The molecule has 1 atom stereocenters. The summed E-state index contributed by atoms with van der Waals surface area (Å²) in [6.07, 6.45) is 6.80. The Bertz CT molecular complexity index is 1330. The van der Waals surface area contributed by atoms with Gasteiger partial charge in [-0.3, -0.25) is 10.2 Å². The van der Waals surface area contributed by atoms with Crippen LogP contribution in [0.15, 0.2) is 36.4 Å². The van der Waals surface area contributed by atoms with Gasteiger partial charge in [0.05, 0.1) is 24.0 Å². The SMILES string of the molecule is [CH2+]C1(C)CCCc2c(-c3cc(-c4n[nH]c5c4CCCC5(C)C)c4ccccc4c3)n[nH]c21. The van der Waals surface area contributed by atoms with Crippen LogP contribution in [0, 0.1) is 6.92 Å². The first-order valence-corrected chi connectivity index (χ1v) is 11.9. The summed E-state index contributed by atoms with van der Waals surface area (Å²) in [6.45, 7) is 11.3. The zero-order valence-corrected chi connectivity index (χ0v) is 19.3. The Morgan fingerprint density at radius 1 is 0.844 bits per heavy atom. The number of aromatic nitrogens is 4. The van der Waals surface area contributed by atoms with Crippen molar-refractivity contribution in [3.63, 3.8) is 0 Å². The van der Waals surface area contributed by atoms with Crippen molar-refractivity contribution in [3.8, 4) is 22.5 Å². The third-order valence-corrected chi connectivity index (χ3v) is 7.79. The maximum Gasteiger partial charge on any atom is 0.144 e. The molecule has 32 heavy (non-hydrogen) atoms. The molecule has 0 saturated carbocycles. The van der Waals surface area contributed by atoms with Crippen molar-refractivity contribution in [1.82, 2.24) is 20.4 Å². The molecule has 0 bridgehead atoms. The fourth-order valence-electron chi connectivity index (χ4n) is 5.99. The van der Waals surface area contributed by atoms with Crippen LogP contribution in [-0.2, 0) is 23.7 Å². The largest absolute Gasteiger partial charge is 0.281 e. The zero-order chi connectivity index (χ0) is 22.1. The minimum atomic E-state index is -0.0919. The summed E-state index contributed by atoms with van der Waals surface area (Å²) in [7, 11) is 0. The standard InChI is InChI=1S/C28H31N4/c1-27(2)13-7-11-20-23(29-31-25(20)27)18-15-17-9-5-6-10-19(17)22(16-18)24-21-12-8-14-28(3,4)26(21)32-30-24/h5-6,9-10,15-16H,1,7-8,11-14H2,2-4H3,(H,29,31)(H,30,32)/q+1. The van der Waals surface area contributed by atoms with Gasteiger partial charge in [0.2, 0.25) is 0 Å². The molecule has 0 spiro atoms. The van der Waals surface area contributed by atoms with E-state index in [4.69, 9.17) is 10.2 Å². The summed E-state index contributed by atoms with van der Waals surface area (Å²) in [4.78, 5) is 0. The Morgan fingerprint density at radius 3 is 2.38 bits per heavy atom. The zero-order valence-electron chi connectivity index (χ0n) is 19.3. The Labute approximate surface area is 189 Å². The number of aromatic amines is 2. The summed E-state index contributed by atoms with van der Waals surface area (Å²) < 4.78 is 0. The van der Waals surface area contributed by atoms with Crippen molar-refractivity contribution in [2.75, 3.05) is 0 Å². The Hall–Kier alpha value is -3.01. The van der Waals surface area contributed by atoms with E-state index in [9.17, 15) is 0 Å². The topological polar surface area (TPSA) is 57.4 Å². The molecule has 0 aliphatic heterocycles. The van der Waals surface area contributed by atoms with E-state index in [1.807, 2.05) is 0 Å². The van der Waals surface area contributed by atoms with Crippen LogP contribution in [0.4, 0.5) is 0 Å². The maximum absolute atomic E-state index is 4.88. The number of hydrogen-bond donors (Lipinski definition) is 2. The molecule has 0 radical (unpaired) electrons. The Kier molecular flexibility index (Phi) is 4.14. The normalized spacial score (nSPS) is 22.0. The average Bonchev–Trinajstić information content (AvgIpc) is 3.39. The van der Waals surface area contributed by atoms with E-state index in [0.717, 1.165) is 37.1 Å². The first-order valence-electron chi connectivity index (χ1n) is 11.9. The molecule has 0 saturated heterocycles. The van der Waals surface area contributed by atoms with Crippen LogP contribution < -0.4 is 0 Å². The summed E-state index contributed by atoms with van der Waals surface area (Å²) >= 11 is 0. The van der Waals surface area contributed by atoms with Crippen LogP contribution in [0.1, 0.15) is 69.0 Å². The van der Waals surface area contributed by atoms with Crippen molar-refractivity contribution < 1.29 is 0 Å². The summed E-state index contributed by atoms with van der Waals surface area (Å²) in [5.41, 5.74) is 9.84. The second kappa shape index (κ2) is 6.74. The molecule has 2 aliphatic rings. The summed E-state index contributed by atoms with van der Waals surface area (Å²) in [6, 6.07) is 13.3. The molecule has 0 fully saturated rings. The first kappa shape index (κ1) is 19.7. The summed E-state index contributed by atoms with van der Waals surface area (Å²) in [5, 5.41) is 18.9. The molecule has 2 heterocycles. The molecular formula is C28H31N4+. The van der Waals surface area contributed by atoms with E-state index >= 15 is 0 Å². The van der Waals surface area contributed by atoms with Gasteiger partial charge in [-0.1, -0.05) is 38.1 Å². The second-order valence-electron chi connectivity index (χ2n) is 10.7. The molecule has 6 rings (SSSR count). The number of hydrogen-bond acceptors (Lipinski definition) is 2. The fourth-order valence-corrected chi connectivity index (χ4v) is 5.99. The van der Waals surface area contributed by atoms with E-state index in [-0.39, 0.29) is 10.8 Å². The maximum atomic E-state index is 4.88. The molecule has 4 nitrogen and oxygen atoms in total. The lowest BCUT2D eigenvalue weighted by atomic mass is 9.75. The van der Waals surface area contributed by atoms with Gasteiger partial charge in [-0.2, -0.15) is 10.2 Å². The molecule has 4 aromatic rings. The highest BCUT2D eigenvalue weighted by atomic mass is 15.1. The predicted octanol–water partition coefficient (Wildman–Crippen LogP) is 6.66.